The second-order valence-electron chi connectivity index (χ2n) is 7.68. The monoisotopic (exact) mass is 518 g/mol. The molecule has 0 N–H and O–H groups in total. The molecule has 0 aliphatic carbocycles. The van der Waals surface area contributed by atoms with E-state index in [1.165, 1.54) is 0 Å². The minimum Gasteiger partial charge on any atom is -0.236 e. The lowest BCUT2D eigenvalue weighted by Crippen LogP contribution is -1.97. The minimum atomic E-state index is 0.491. The Bertz CT molecular complexity index is 1570. The highest BCUT2D eigenvalue weighted by atomic mass is 35.5. The van der Waals surface area contributed by atoms with E-state index in [1.54, 1.807) is 27.4 Å². The number of aryl methyl sites for hydroxylation is 1. The molecule has 6 aromatic rings. The zero-order chi connectivity index (χ0) is 23.2. The quantitative estimate of drug-likeness (QED) is 0.235. The summed E-state index contributed by atoms with van der Waals surface area (Å²) in [6.07, 6.45) is 2.05. The van der Waals surface area contributed by atoms with Gasteiger partial charge in [-0.1, -0.05) is 59.6 Å². The van der Waals surface area contributed by atoms with Crippen LogP contribution < -0.4 is 0 Å². The van der Waals surface area contributed by atoms with Crippen LogP contribution in [-0.4, -0.2) is 19.7 Å². The Morgan fingerprint density at radius 1 is 0.794 bits per heavy atom. The van der Waals surface area contributed by atoms with Crippen LogP contribution in [0.4, 0.5) is 0 Å². The molecule has 166 valence electrons. The van der Waals surface area contributed by atoms with Crippen LogP contribution in [0.1, 0.15) is 21.3 Å². The summed E-state index contributed by atoms with van der Waals surface area (Å²) in [7, 11) is 0. The molecule has 0 atom stereocenters. The van der Waals surface area contributed by atoms with Crippen molar-refractivity contribution in [1.82, 2.24) is 19.7 Å². The molecule has 34 heavy (non-hydrogen) atoms. The van der Waals surface area contributed by atoms with Crippen molar-refractivity contribution in [2.75, 3.05) is 0 Å². The van der Waals surface area contributed by atoms with Crippen molar-refractivity contribution in [3.63, 3.8) is 0 Å². The van der Waals surface area contributed by atoms with Gasteiger partial charge in [-0.2, -0.15) is 5.10 Å². The highest BCUT2D eigenvalue weighted by molar-refractivity contribution is 7.22. The molecule has 0 bridgehead atoms. The summed E-state index contributed by atoms with van der Waals surface area (Å²) in [6, 6.07) is 23.8. The predicted molar refractivity (Wildman–Crippen MR) is 145 cm³/mol. The Morgan fingerprint density at radius 3 is 1.94 bits per heavy atom. The molecule has 0 saturated heterocycles. The summed E-state index contributed by atoms with van der Waals surface area (Å²) >= 11 is 16.6. The normalized spacial score (nSPS) is 11.4. The van der Waals surface area contributed by atoms with E-state index < -0.39 is 0 Å². The third-order valence-corrected chi connectivity index (χ3v) is 8.29. The first kappa shape index (κ1) is 21.5. The van der Waals surface area contributed by atoms with E-state index >= 15 is 0 Å². The third kappa shape index (κ3) is 3.73. The minimum absolute atomic E-state index is 0.491. The van der Waals surface area contributed by atoms with E-state index in [0.29, 0.717) is 10.2 Å². The van der Waals surface area contributed by atoms with Crippen LogP contribution in [0.15, 0.2) is 72.8 Å². The van der Waals surface area contributed by atoms with Gasteiger partial charge in [0, 0.05) is 11.1 Å². The molecule has 0 radical (unpaired) electrons. The molecule has 0 amide bonds. The first-order valence-corrected chi connectivity index (χ1v) is 12.9. The van der Waals surface area contributed by atoms with Crippen LogP contribution in [-0.2, 0) is 0 Å². The van der Waals surface area contributed by atoms with Gasteiger partial charge in [-0.05, 0) is 49.4 Å². The van der Waals surface area contributed by atoms with Crippen molar-refractivity contribution >= 4 is 78.0 Å². The number of nitrogens with zero attached hydrogens (tertiary/aromatic N) is 4. The molecule has 3 aromatic carbocycles. The summed E-state index contributed by atoms with van der Waals surface area (Å²) in [5, 5.41) is 7.54. The Balaban J connectivity index is 1.58. The van der Waals surface area contributed by atoms with Gasteiger partial charge in [-0.25, -0.2) is 14.6 Å². The van der Waals surface area contributed by atoms with E-state index in [1.807, 2.05) is 73.7 Å². The van der Waals surface area contributed by atoms with Gasteiger partial charge in [0.05, 0.1) is 36.8 Å². The average Bonchev–Trinajstić information content (AvgIpc) is 3.53. The van der Waals surface area contributed by atoms with Gasteiger partial charge in [0.1, 0.15) is 15.2 Å². The van der Waals surface area contributed by atoms with Crippen molar-refractivity contribution in [2.24, 2.45) is 0 Å². The third-order valence-electron chi connectivity index (χ3n) is 5.47. The van der Waals surface area contributed by atoms with E-state index in [4.69, 9.17) is 33.2 Å². The number of hydrogen-bond donors (Lipinski definition) is 0. The van der Waals surface area contributed by atoms with Crippen LogP contribution >= 0.6 is 45.9 Å². The van der Waals surface area contributed by atoms with Crippen LogP contribution in [0.3, 0.4) is 0 Å². The summed E-state index contributed by atoms with van der Waals surface area (Å²) in [6.45, 7) is 1.94. The van der Waals surface area contributed by atoms with Crippen molar-refractivity contribution in [3.8, 4) is 5.69 Å². The lowest BCUT2D eigenvalue weighted by Gasteiger charge is -2.05. The predicted octanol–water partition coefficient (Wildman–Crippen LogP) is 8.30. The van der Waals surface area contributed by atoms with Gasteiger partial charge in [-0.15, -0.1) is 22.7 Å². The van der Waals surface area contributed by atoms with Crippen molar-refractivity contribution in [3.05, 3.63) is 104 Å². The number of benzene rings is 3. The second-order valence-corrected chi connectivity index (χ2v) is 10.5. The van der Waals surface area contributed by atoms with Gasteiger partial charge in [0.25, 0.3) is 0 Å². The first-order chi connectivity index (χ1) is 16.6. The van der Waals surface area contributed by atoms with E-state index in [2.05, 4.69) is 17.2 Å². The topological polar surface area (TPSA) is 43.6 Å². The van der Waals surface area contributed by atoms with Crippen molar-refractivity contribution in [1.29, 1.82) is 0 Å². The maximum atomic E-state index is 6.88. The molecule has 0 aliphatic heterocycles. The van der Waals surface area contributed by atoms with Gasteiger partial charge < -0.3 is 0 Å². The number of para-hydroxylation sites is 3. The Morgan fingerprint density at radius 2 is 1.35 bits per heavy atom. The summed E-state index contributed by atoms with van der Waals surface area (Å²) < 4.78 is 3.93. The molecule has 0 unspecified atom stereocenters. The van der Waals surface area contributed by atoms with Crippen molar-refractivity contribution in [2.45, 2.75) is 6.92 Å². The highest BCUT2D eigenvalue weighted by Crippen LogP contribution is 2.38. The molecule has 4 nitrogen and oxygen atoms in total. The molecule has 0 fully saturated rings. The lowest BCUT2D eigenvalue weighted by atomic mass is 10.1. The Hall–Kier alpha value is -3.03. The maximum absolute atomic E-state index is 6.88. The fourth-order valence-corrected chi connectivity index (χ4v) is 6.36. The molecule has 3 heterocycles. The van der Waals surface area contributed by atoms with E-state index in [-0.39, 0.29) is 0 Å². The highest BCUT2D eigenvalue weighted by Gasteiger charge is 2.20. The zero-order valence-electron chi connectivity index (χ0n) is 17.9. The number of hydrogen-bond acceptors (Lipinski definition) is 5. The van der Waals surface area contributed by atoms with Crippen LogP contribution in [0.5, 0.6) is 0 Å². The van der Waals surface area contributed by atoms with Crippen LogP contribution in [0, 0.1) is 6.92 Å². The maximum Gasteiger partial charge on any atom is 0.140 e. The fourth-order valence-electron chi connectivity index (χ4n) is 3.79. The molecule has 0 saturated carbocycles. The van der Waals surface area contributed by atoms with Crippen molar-refractivity contribution < 1.29 is 0 Å². The fraction of sp³-hybridized carbons (Fsp3) is 0.0385. The molecular weight excluding hydrogens is 503 g/mol. The smallest absolute Gasteiger partial charge is 0.140 e. The average molecular weight is 519 g/mol. The lowest BCUT2D eigenvalue weighted by molar-refractivity contribution is 0.863. The molecule has 0 spiro atoms. The molecule has 0 aliphatic rings. The molecule has 6 rings (SSSR count). The standard InChI is InChI=1S/C26H16Cl2N4S2/c1-15-16(24(28)32(31-15)21-11-5-2-8-18(21)27)14-17(25-29-19-9-3-6-12-22(19)33-25)26-30-20-10-4-7-13-23(20)34-26/h2-14H,1H3. The number of rotatable bonds is 4. The molecule has 8 heteroatoms. The SMILES string of the molecule is Cc1nn(-c2ccccc2Cl)c(Cl)c1C=C(c1nc2ccccc2s1)c1nc2ccccc2s1. The van der Waals surface area contributed by atoms with E-state index in [0.717, 1.165) is 53.0 Å². The first-order valence-electron chi connectivity index (χ1n) is 10.5. The number of halogens is 2. The number of fused-ring (bicyclic) bond motifs is 2. The summed E-state index contributed by atoms with van der Waals surface area (Å²) in [4.78, 5) is 9.84. The van der Waals surface area contributed by atoms with Gasteiger partial charge in [0.15, 0.2) is 0 Å². The Labute approximate surface area is 213 Å². The summed E-state index contributed by atoms with van der Waals surface area (Å²) in [5.41, 5.74) is 5.19. The molecular formula is C26H16Cl2N4S2. The van der Waals surface area contributed by atoms with Crippen LogP contribution in [0.2, 0.25) is 10.2 Å². The molecule has 3 aromatic heterocycles. The number of thiazole rings is 2. The zero-order valence-corrected chi connectivity index (χ0v) is 21.0. The largest absolute Gasteiger partial charge is 0.236 e. The summed E-state index contributed by atoms with van der Waals surface area (Å²) in [5.74, 6) is 0. The van der Waals surface area contributed by atoms with Gasteiger partial charge >= 0.3 is 0 Å². The Kier molecular flexibility index (Phi) is 5.46. The second kappa shape index (κ2) is 8.64. The van der Waals surface area contributed by atoms with Crippen LogP contribution in [0.25, 0.3) is 37.8 Å². The van der Waals surface area contributed by atoms with Gasteiger partial charge in [0.2, 0.25) is 0 Å². The van der Waals surface area contributed by atoms with E-state index in [9.17, 15) is 0 Å². The van der Waals surface area contributed by atoms with Gasteiger partial charge in [-0.3, -0.25) is 0 Å². The number of aromatic nitrogens is 4.